The van der Waals surface area contributed by atoms with Gasteiger partial charge in [-0.05, 0) is 41.8 Å². The Bertz CT molecular complexity index is 544. The summed E-state index contributed by atoms with van der Waals surface area (Å²) in [5.74, 6) is 0.415. The molecule has 2 nitrogen and oxygen atoms in total. The van der Waals surface area contributed by atoms with E-state index in [2.05, 4.69) is 15.9 Å². The van der Waals surface area contributed by atoms with Crippen molar-refractivity contribution in [3.8, 4) is 16.9 Å². The third kappa shape index (κ3) is 3.93. The number of hydrogen-bond donors (Lipinski definition) is 0. The van der Waals surface area contributed by atoms with E-state index >= 15 is 0 Å². The van der Waals surface area contributed by atoms with Crippen molar-refractivity contribution >= 4 is 21.9 Å². The molecule has 3 heteroatoms. The van der Waals surface area contributed by atoms with Gasteiger partial charge in [0.05, 0.1) is 0 Å². The second kappa shape index (κ2) is 6.53. The molecule has 0 aliphatic heterocycles. The lowest BCUT2D eigenvalue weighted by molar-refractivity contribution is -0.134. The van der Waals surface area contributed by atoms with Crippen molar-refractivity contribution in [2.45, 2.75) is 19.8 Å². The first-order valence-electron chi connectivity index (χ1n) is 6.25. The van der Waals surface area contributed by atoms with Gasteiger partial charge in [0, 0.05) is 10.9 Å². The van der Waals surface area contributed by atoms with E-state index in [-0.39, 0.29) is 5.97 Å². The molecule has 0 atom stereocenters. The van der Waals surface area contributed by atoms with E-state index in [1.165, 1.54) is 0 Å². The number of ether oxygens (including phenoxy) is 1. The van der Waals surface area contributed by atoms with Crippen molar-refractivity contribution in [3.63, 3.8) is 0 Å². The molecule has 0 radical (unpaired) electrons. The maximum Gasteiger partial charge on any atom is 0.311 e. The molecule has 98 valence electrons. The van der Waals surface area contributed by atoms with E-state index in [0.29, 0.717) is 12.2 Å². The van der Waals surface area contributed by atoms with E-state index in [0.717, 1.165) is 22.0 Å². The maximum absolute atomic E-state index is 11.4. The summed E-state index contributed by atoms with van der Waals surface area (Å²) in [4.78, 5) is 11.4. The fourth-order valence-electron chi connectivity index (χ4n) is 1.74. The van der Waals surface area contributed by atoms with Crippen LogP contribution in [0.25, 0.3) is 11.1 Å². The summed E-state index contributed by atoms with van der Waals surface area (Å²) in [5, 5.41) is 0. The van der Waals surface area contributed by atoms with Gasteiger partial charge in [0.25, 0.3) is 0 Å². The minimum absolute atomic E-state index is 0.182. The van der Waals surface area contributed by atoms with Gasteiger partial charge in [-0.3, -0.25) is 4.79 Å². The molecular weight excluding hydrogens is 304 g/mol. The van der Waals surface area contributed by atoms with Gasteiger partial charge in [-0.2, -0.15) is 0 Å². The Labute approximate surface area is 121 Å². The molecule has 0 saturated carbocycles. The van der Waals surface area contributed by atoms with Crippen LogP contribution in [0, 0.1) is 0 Å². The molecule has 19 heavy (non-hydrogen) atoms. The molecule has 0 N–H and O–H groups in total. The van der Waals surface area contributed by atoms with Crippen molar-refractivity contribution in [2.75, 3.05) is 0 Å². The number of benzene rings is 2. The summed E-state index contributed by atoms with van der Waals surface area (Å²) in [5.41, 5.74) is 2.23. The smallest absolute Gasteiger partial charge is 0.311 e. The number of carbonyl (C=O) groups excluding carboxylic acids is 1. The van der Waals surface area contributed by atoms with Gasteiger partial charge in [-0.15, -0.1) is 0 Å². The average Bonchev–Trinajstić information content (AvgIpc) is 2.41. The zero-order valence-electron chi connectivity index (χ0n) is 10.7. The Kier molecular flexibility index (Phi) is 4.74. The Morgan fingerprint density at radius 3 is 2.05 bits per heavy atom. The van der Waals surface area contributed by atoms with E-state index in [1.54, 1.807) is 0 Å². The largest absolute Gasteiger partial charge is 0.427 e. The van der Waals surface area contributed by atoms with Gasteiger partial charge in [0.2, 0.25) is 0 Å². The highest BCUT2D eigenvalue weighted by Gasteiger charge is 2.03. The van der Waals surface area contributed by atoms with Crippen LogP contribution in [-0.4, -0.2) is 5.97 Å². The summed E-state index contributed by atoms with van der Waals surface area (Å²) in [6.45, 7) is 1.96. The zero-order valence-corrected chi connectivity index (χ0v) is 12.3. The first-order chi connectivity index (χ1) is 9.19. The standard InChI is InChI=1S/C16H15BrO2/c1-2-3-16(18)19-15-10-6-13(7-11-15)12-4-8-14(17)9-5-12/h4-11H,2-3H2,1H3. The third-order valence-electron chi connectivity index (χ3n) is 2.72. The van der Waals surface area contributed by atoms with E-state index in [1.807, 2.05) is 55.5 Å². The Morgan fingerprint density at radius 2 is 1.53 bits per heavy atom. The minimum atomic E-state index is -0.182. The summed E-state index contributed by atoms with van der Waals surface area (Å²) < 4.78 is 6.28. The van der Waals surface area contributed by atoms with Crippen LogP contribution in [0.15, 0.2) is 53.0 Å². The number of halogens is 1. The average molecular weight is 319 g/mol. The Hall–Kier alpha value is -1.61. The molecular formula is C16H15BrO2. The third-order valence-corrected chi connectivity index (χ3v) is 3.25. The van der Waals surface area contributed by atoms with Crippen molar-refractivity contribution < 1.29 is 9.53 Å². The minimum Gasteiger partial charge on any atom is -0.427 e. The first kappa shape index (κ1) is 13.8. The molecule has 0 unspecified atom stereocenters. The van der Waals surface area contributed by atoms with Crippen molar-refractivity contribution in [2.24, 2.45) is 0 Å². The molecule has 0 bridgehead atoms. The second-order valence-electron chi connectivity index (χ2n) is 4.26. The fourth-order valence-corrected chi connectivity index (χ4v) is 2.01. The molecule has 2 aromatic carbocycles. The summed E-state index contributed by atoms with van der Waals surface area (Å²) >= 11 is 3.41. The quantitative estimate of drug-likeness (QED) is 0.596. The molecule has 0 aliphatic carbocycles. The van der Waals surface area contributed by atoms with Crippen LogP contribution in [0.1, 0.15) is 19.8 Å². The lowest BCUT2D eigenvalue weighted by Crippen LogP contribution is -2.06. The number of esters is 1. The highest BCUT2D eigenvalue weighted by Crippen LogP contribution is 2.24. The van der Waals surface area contributed by atoms with Crippen LogP contribution < -0.4 is 4.74 Å². The predicted octanol–water partition coefficient (Wildman–Crippen LogP) is 4.82. The van der Waals surface area contributed by atoms with Crippen molar-refractivity contribution in [1.82, 2.24) is 0 Å². The zero-order chi connectivity index (χ0) is 13.7. The van der Waals surface area contributed by atoms with Crippen LogP contribution in [-0.2, 0) is 4.79 Å². The molecule has 0 saturated heterocycles. The highest BCUT2D eigenvalue weighted by molar-refractivity contribution is 9.10. The molecule has 0 aromatic heterocycles. The van der Waals surface area contributed by atoms with Crippen LogP contribution in [0.2, 0.25) is 0 Å². The molecule has 0 aliphatic rings. The first-order valence-corrected chi connectivity index (χ1v) is 7.05. The van der Waals surface area contributed by atoms with Gasteiger partial charge in [-0.25, -0.2) is 0 Å². The molecule has 2 aromatic rings. The monoisotopic (exact) mass is 318 g/mol. The molecule has 0 fully saturated rings. The summed E-state index contributed by atoms with van der Waals surface area (Å²) in [6.07, 6.45) is 1.25. The van der Waals surface area contributed by atoms with Crippen molar-refractivity contribution in [1.29, 1.82) is 0 Å². The van der Waals surface area contributed by atoms with Gasteiger partial charge in [0.1, 0.15) is 5.75 Å². The van der Waals surface area contributed by atoms with Crippen LogP contribution in [0.4, 0.5) is 0 Å². The van der Waals surface area contributed by atoms with Crippen LogP contribution in [0.5, 0.6) is 5.75 Å². The summed E-state index contributed by atoms with van der Waals surface area (Å²) in [6, 6.07) is 15.7. The topological polar surface area (TPSA) is 26.3 Å². The molecule has 0 spiro atoms. The predicted molar refractivity (Wildman–Crippen MR) is 80.1 cm³/mol. The van der Waals surface area contributed by atoms with Crippen LogP contribution in [0.3, 0.4) is 0 Å². The van der Waals surface area contributed by atoms with Gasteiger partial charge in [0.15, 0.2) is 0 Å². The van der Waals surface area contributed by atoms with E-state index in [9.17, 15) is 4.79 Å². The van der Waals surface area contributed by atoms with E-state index < -0.39 is 0 Å². The van der Waals surface area contributed by atoms with Crippen LogP contribution >= 0.6 is 15.9 Å². The van der Waals surface area contributed by atoms with Gasteiger partial charge in [-0.1, -0.05) is 47.1 Å². The lowest BCUT2D eigenvalue weighted by Gasteiger charge is -2.05. The number of carbonyl (C=O) groups is 1. The van der Waals surface area contributed by atoms with E-state index in [4.69, 9.17) is 4.74 Å². The maximum atomic E-state index is 11.4. The molecule has 2 rings (SSSR count). The summed E-state index contributed by atoms with van der Waals surface area (Å²) in [7, 11) is 0. The van der Waals surface area contributed by atoms with Gasteiger partial charge >= 0.3 is 5.97 Å². The second-order valence-corrected chi connectivity index (χ2v) is 5.17. The Balaban J connectivity index is 2.10. The number of hydrogen-bond acceptors (Lipinski definition) is 2. The lowest BCUT2D eigenvalue weighted by atomic mass is 10.1. The number of rotatable bonds is 4. The fraction of sp³-hybridized carbons (Fsp3) is 0.188. The SMILES string of the molecule is CCCC(=O)Oc1ccc(-c2ccc(Br)cc2)cc1. The highest BCUT2D eigenvalue weighted by atomic mass is 79.9. The Morgan fingerprint density at radius 1 is 1.00 bits per heavy atom. The molecule has 0 amide bonds. The normalized spacial score (nSPS) is 10.2. The van der Waals surface area contributed by atoms with Gasteiger partial charge < -0.3 is 4.74 Å². The van der Waals surface area contributed by atoms with Crippen molar-refractivity contribution in [3.05, 3.63) is 53.0 Å². The molecule has 0 heterocycles.